The van der Waals surface area contributed by atoms with Crippen molar-refractivity contribution in [3.8, 4) is 5.75 Å². The summed E-state index contributed by atoms with van der Waals surface area (Å²) < 4.78 is 0. The minimum Gasteiger partial charge on any atom is -0.508 e. The summed E-state index contributed by atoms with van der Waals surface area (Å²) in [6.45, 7) is 6.91. The fourth-order valence-electron chi connectivity index (χ4n) is 2.07. The molecule has 0 saturated heterocycles. The van der Waals surface area contributed by atoms with Gasteiger partial charge in [-0.1, -0.05) is 19.0 Å². The van der Waals surface area contributed by atoms with E-state index in [1.165, 1.54) is 0 Å². The van der Waals surface area contributed by atoms with Crippen LogP contribution in [0.2, 0.25) is 0 Å². The van der Waals surface area contributed by atoms with Crippen LogP contribution in [0.15, 0.2) is 23.4 Å². The molecule has 19 heavy (non-hydrogen) atoms. The molecule has 0 fully saturated rings. The highest BCUT2D eigenvalue weighted by atomic mass is 16.4. The number of amidine groups is 1. The van der Waals surface area contributed by atoms with E-state index in [0.717, 1.165) is 31.5 Å². The molecule has 1 aromatic rings. The monoisotopic (exact) mass is 265 g/mol. The van der Waals surface area contributed by atoms with E-state index in [-0.39, 0.29) is 11.6 Å². The molecule has 0 atom stereocenters. The van der Waals surface area contributed by atoms with E-state index in [1.807, 2.05) is 0 Å². The molecule has 0 saturated carbocycles. The van der Waals surface area contributed by atoms with Gasteiger partial charge >= 0.3 is 0 Å². The lowest BCUT2D eigenvalue weighted by Crippen LogP contribution is -2.25. The smallest absolute Gasteiger partial charge is 0.170 e. The van der Waals surface area contributed by atoms with Crippen LogP contribution in [0.4, 0.5) is 0 Å². The molecule has 0 heterocycles. The molecular formula is C14H23N3O2. The van der Waals surface area contributed by atoms with Crippen molar-refractivity contribution in [1.82, 2.24) is 4.90 Å². The molecule has 5 nitrogen and oxygen atoms in total. The zero-order valence-electron chi connectivity index (χ0n) is 11.6. The van der Waals surface area contributed by atoms with Crippen molar-refractivity contribution in [2.24, 2.45) is 10.9 Å². The highest BCUT2D eigenvalue weighted by molar-refractivity contribution is 5.97. The number of benzene rings is 1. The van der Waals surface area contributed by atoms with Crippen molar-refractivity contribution >= 4 is 5.84 Å². The molecule has 5 heteroatoms. The molecule has 0 aromatic heterocycles. The quantitative estimate of drug-likeness (QED) is 0.305. The molecule has 4 N–H and O–H groups in total. The molecule has 0 spiro atoms. The summed E-state index contributed by atoms with van der Waals surface area (Å²) in [6, 6.07) is 4.99. The summed E-state index contributed by atoms with van der Waals surface area (Å²) >= 11 is 0. The zero-order valence-corrected chi connectivity index (χ0v) is 11.6. The van der Waals surface area contributed by atoms with Crippen molar-refractivity contribution in [3.05, 3.63) is 29.3 Å². The van der Waals surface area contributed by atoms with Crippen LogP contribution >= 0.6 is 0 Å². The molecule has 1 rings (SSSR count). The maximum atomic E-state index is 9.90. The normalized spacial score (nSPS) is 12.1. The molecular weight excluding hydrogens is 242 g/mol. The van der Waals surface area contributed by atoms with E-state index in [2.05, 4.69) is 23.9 Å². The summed E-state index contributed by atoms with van der Waals surface area (Å²) in [5.41, 5.74) is 6.98. The molecule has 0 aliphatic rings. The van der Waals surface area contributed by atoms with Crippen molar-refractivity contribution in [1.29, 1.82) is 0 Å². The van der Waals surface area contributed by atoms with Crippen molar-refractivity contribution in [3.63, 3.8) is 0 Å². The molecule has 0 unspecified atom stereocenters. The Balaban J connectivity index is 2.91. The summed E-state index contributed by atoms with van der Waals surface area (Å²) in [7, 11) is 0. The first-order valence-electron chi connectivity index (χ1n) is 6.64. The van der Waals surface area contributed by atoms with Crippen LogP contribution in [0.25, 0.3) is 0 Å². The van der Waals surface area contributed by atoms with E-state index in [4.69, 9.17) is 10.9 Å². The molecule has 0 radical (unpaired) electrons. The molecule has 0 aliphatic heterocycles. The predicted octanol–water partition coefficient (Wildman–Crippen LogP) is 2.11. The van der Waals surface area contributed by atoms with Gasteiger partial charge in [-0.2, -0.15) is 0 Å². The third-order valence-electron chi connectivity index (χ3n) is 2.96. The second-order valence-corrected chi connectivity index (χ2v) is 4.60. The number of aromatic hydroxyl groups is 1. The second-order valence-electron chi connectivity index (χ2n) is 4.60. The fraction of sp³-hybridized carbons (Fsp3) is 0.500. The maximum Gasteiger partial charge on any atom is 0.170 e. The van der Waals surface area contributed by atoms with Crippen molar-refractivity contribution < 1.29 is 10.3 Å². The minimum atomic E-state index is 0.0544. The SMILES string of the molecule is CCCN(CCC)Cc1cc(/C(N)=N/O)ccc1O. The molecule has 0 aliphatic carbocycles. The fourth-order valence-corrected chi connectivity index (χ4v) is 2.07. The Hall–Kier alpha value is -1.75. The van der Waals surface area contributed by atoms with E-state index in [1.54, 1.807) is 18.2 Å². The van der Waals surface area contributed by atoms with Crippen LogP contribution in [-0.2, 0) is 6.54 Å². The largest absolute Gasteiger partial charge is 0.508 e. The van der Waals surface area contributed by atoms with Gasteiger partial charge in [-0.05, 0) is 44.1 Å². The number of nitrogens with zero attached hydrogens (tertiary/aromatic N) is 2. The average Bonchev–Trinajstić information content (AvgIpc) is 2.41. The lowest BCUT2D eigenvalue weighted by molar-refractivity contribution is 0.263. The van der Waals surface area contributed by atoms with Gasteiger partial charge in [0, 0.05) is 17.7 Å². The van der Waals surface area contributed by atoms with Gasteiger partial charge in [-0.3, -0.25) is 4.90 Å². The Morgan fingerprint density at radius 3 is 2.42 bits per heavy atom. The Morgan fingerprint density at radius 2 is 1.89 bits per heavy atom. The van der Waals surface area contributed by atoms with Crippen LogP contribution < -0.4 is 5.73 Å². The van der Waals surface area contributed by atoms with Gasteiger partial charge in [-0.15, -0.1) is 0 Å². The van der Waals surface area contributed by atoms with Crippen LogP contribution in [0.1, 0.15) is 37.8 Å². The number of hydrogen-bond acceptors (Lipinski definition) is 4. The number of hydrogen-bond donors (Lipinski definition) is 3. The van der Waals surface area contributed by atoms with Crippen molar-refractivity contribution in [2.45, 2.75) is 33.2 Å². The topological polar surface area (TPSA) is 82.1 Å². The van der Waals surface area contributed by atoms with Gasteiger partial charge in [-0.25, -0.2) is 0 Å². The molecule has 106 valence electrons. The summed E-state index contributed by atoms with van der Waals surface area (Å²) in [5.74, 6) is 0.297. The summed E-state index contributed by atoms with van der Waals surface area (Å²) in [6.07, 6.45) is 2.14. The highest BCUT2D eigenvalue weighted by Gasteiger charge is 2.10. The minimum absolute atomic E-state index is 0.0544. The van der Waals surface area contributed by atoms with Gasteiger partial charge in [0.2, 0.25) is 0 Å². The average molecular weight is 265 g/mol. The lowest BCUT2D eigenvalue weighted by atomic mass is 10.1. The van der Waals surface area contributed by atoms with Crippen LogP contribution in [0.3, 0.4) is 0 Å². The highest BCUT2D eigenvalue weighted by Crippen LogP contribution is 2.20. The number of rotatable bonds is 7. The van der Waals surface area contributed by atoms with E-state index in [0.29, 0.717) is 12.1 Å². The summed E-state index contributed by atoms with van der Waals surface area (Å²) in [5, 5.41) is 21.6. The molecule has 0 bridgehead atoms. The Kier molecular flexibility index (Phi) is 6.15. The third kappa shape index (κ3) is 4.44. The first-order valence-corrected chi connectivity index (χ1v) is 6.64. The summed E-state index contributed by atoms with van der Waals surface area (Å²) in [4.78, 5) is 2.28. The third-order valence-corrected chi connectivity index (χ3v) is 2.96. The lowest BCUT2D eigenvalue weighted by Gasteiger charge is -2.21. The van der Waals surface area contributed by atoms with Crippen molar-refractivity contribution in [2.75, 3.05) is 13.1 Å². The second kappa shape index (κ2) is 7.63. The van der Waals surface area contributed by atoms with Crippen LogP contribution in [0.5, 0.6) is 5.75 Å². The van der Waals surface area contributed by atoms with Crippen LogP contribution in [-0.4, -0.2) is 34.1 Å². The van der Waals surface area contributed by atoms with Gasteiger partial charge < -0.3 is 16.0 Å². The van der Waals surface area contributed by atoms with Gasteiger partial charge in [0.1, 0.15) is 5.75 Å². The van der Waals surface area contributed by atoms with Gasteiger partial charge in [0.25, 0.3) is 0 Å². The maximum absolute atomic E-state index is 9.90. The molecule has 1 aromatic carbocycles. The zero-order chi connectivity index (χ0) is 14.3. The van der Waals surface area contributed by atoms with Crippen LogP contribution in [0, 0.1) is 0 Å². The Morgan fingerprint density at radius 1 is 1.26 bits per heavy atom. The van der Waals surface area contributed by atoms with E-state index < -0.39 is 0 Å². The first kappa shape index (κ1) is 15.3. The number of oxime groups is 1. The van der Waals surface area contributed by atoms with Gasteiger partial charge in [0.05, 0.1) is 0 Å². The molecule has 0 amide bonds. The Labute approximate surface area is 114 Å². The Bertz CT molecular complexity index is 427. The van der Waals surface area contributed by atoms with Gasteiger partial charge in [0.15, 0.2) is 5.84 Å². The number of nitrogens with two attached hydrogens (primary N) is 1. The van der Waals surface area contributed by atoms with E-state index in [9.17, 15) is 5.11 Å². The predicted molar refractivity (Wildman–Crippen MR) is 76.5 cm³/mol. The standard InChI is InChI=1S/C14H23N3O2/c1-3-7-17(8-4-2)10-12-9-11(14(15)16-19)5-6-13(12)18/h5-6,9,18-19H,3-4,7-8,10H2,1-2H3,(H2,15,16). The van der Waals surface area contributed by atoms with E-state index >= 15 is 0 Å². The first-order chi connectivity index (χ1) is 9.12. The number of phenolic OH excluding ortho intramolecular Hbond substituents is 1. The number of phenols is 1.